The zero-order chi connectivity index (χ0) is 26.0. The average Bonchev–Trinajstić information content (AvgIpc) is 3.46. The Morgan fingerprint density at radius 3 is 2.81 bits per heavy atom. The van der Waals surface area contributed by atoms with Gasteiger partial charge in [0.05, 0.1) is 24.1 Å². The highest BCUT2D eigenvalue weighted by Crippen LogP contribution is 2.40. The number of hydrogen-bond acceptors (Lipinski definition) is 8. The number of likely N-dealkylation sites (N-methyl/N-ethyl adjacent to an activating group) is 1. The minimum atomic E-state index is -0.393. The summed E-state index contributed by atoms with van der Waals surface area (Å²) in [5, 5.41) is 8.16. The van der Waals surface area contributed by atoms with Gasteiger partial charge in [-0.05, 0) is 57.6 Å². The molecule has 2 aromatic heterocycles. The highest BCUT2D eigenvalue weighted by Gasteiger charge is 2.31. The highest BCUT2D eigenvalue weighted by atomic mass is 32.2. The van der Waals surface area contributed by atoms with Crippen LogP contribution < -0.4 is 5.32 Å². The molecular formula is C25H31N5O4S2. The largest absolute Gasteiger partial charge is 0.462 e. The lowest BCUT2D eigenvalue weighted by Gasteiger charge is -2.18. The molecule has 0 radical (unpaired) electrons. The van der Waals surface area contributed by atoms with Crippen LogP contribution in [0, 0.1) is 12.8 Å². The van der Waals surface area contributed by atoms with Crippen LogP contribution in [0.15, 0.2) is 16.9 Å². The van der Waals surface area contributed by atoms with Crippen LogP contribution in [0.2, 0.25) is 0 Å². The number of nitrogens with zero attached hydrogens (tertiary/aromatic N) is 4. The second-order valence-corrected chi connectivity index (χ2v) is 10.9. The van der Waals surface area contributed by atoms with E-state index >= 15 is 0 Å². The summed E-state index contributed by atoms with van der Waals surface area (Å²) in [5.41, 5.74) is 3.57. The number of hydrogen-bond donors (Lipinski definition) is 1. The Bertz CT molecular complexity index is 1260. The maximum Gasteiger partial charge on any atom is 0.341 e. The summed E-state index contributed by atoms with van der Waals surface area (Å²) in [6.07, 6.45) is 6.13. The Kier molecular flexibility index (Phi) is 7.99. The van der Waals surface area contributed by atoms with Gasteiger partial charge in [0, 0.05) is 29.7 Å². The number of thiophene rings is 1. The molecule has 2 aliphatic rings. The molecule has 9 nitrogen and oxygen atoms in total. The van der Waals surface area contributed by atoms with E-state index in [2.05, 4.69) is 22.3 Å². The lowest BCUT2D eigenvalue weighted by atomic mass is 9.88. The van der Waals surface area contributed by atoms with E-state index in [1.165, 1.54) is 23.1 Å². The monoisotopic (exact) mass is 529 g/mol. The molecule has 192 valence electrons. The lowest BCUT2D eigenvalue weighted by molar-refractivity contribution is -0.122. The molecule has 4 rings (SSSR count). The number of amidine groups is 1. The van der Waals surface area contributed by atoms with Gasteiger partial charge < -0.3 is 10.1 Å². The number of anilines is 1. The zero-order valence-electron chi connectivity index (χ0n) is 21.2. The first-order chi connectivity index (χ1) is 17.2. The van der Waals surface area contributed by atoms with Crippen molar-refractivity contribution in [2.75, 3.05) is 24.2 Å². The standard InChI is InChI=1S/C25H31N5O4S2/c1-6-30-23(32)18(11-16-12-26-29(5)15(16)4)27-25(30)35-13-20(31)28-22-21(24(33)34-7-2)17-9-8-14(3)10-19(17)36-22/h11-12,14H,6-10,13H2,1-5H3,(H,28,31)/b18-11+/t14-/m1/s1. The van der Waals surface area contributed by atoms with E-state index in [-0.39, 0.29) is 24.2 Å². The Balaban J connectivity index is 1.49. The minimum absolute atomic E-state index is 0.0586. The Morgan fingerprint density at radius 1 is 1.36 bits per heavy atom. The molecule has 1 N–H and O–H groups in total. The van der Waals surface area contributed by atoms with Gasteiger partial charge in [0.15, 0.2) is 5.17 Å². The fraction of sp³-hybridized carbons (Fsp3) is 0.480. The first-order valence-electron chi connectivity index (χ1n) is 12.1. The predicted octanol–water partition coefficient (Wildman–Crippen LogP) is 4.02. The number of rotatable bonds is 7. The second-order valence-electron chi connectivity index (χ2n) is 8.90. The van der Waals surface area contributed by atoms with Crippen molar-refractivity contribution in [3.05, 3.63) is 39.2 Å². The van der Waals surface area contributed by atoms with E-state index < -0.39 is 5.97 Å². The number of ether oxygens (including phenoxy) is 1. The number of esters is 1. The molecule has 2 amide bonds. The summed E-state index contributed by atoms with van der Waals surface area (Å²) in [4.78, 5) is 45.7. The van der Waals surface area contributed by atoms with Gasteiger partial charge in [-0.1, -0.05) is 18.7 Å². The van der Waals surface area contributed by atoms with Crippen molar-refractivity contribution >= 4 is 57.1 Å². The Morgan fingerprint density at radius 2 is 2.14 bits per heavy atom. The van der Waals surface area contributed by atoms with Gasteiger partial charge in [-0.15, -0.1) is 11.3 Å². The topological polar surface area (TPSA) is 106 Å². The first-order valence-corrected chi connectivity index (χ1v) is 13.9. The molecular weight excluding hydrogens is 498 g/mol. The van der Waals surface area contributed by atoms with Gasteiger partial charge in [-0.3, -0.25) is 19.2 Å². The van der Waals surface area contributed by atoms with Crippen LogP contribution in [0.25, 0.3) is 6.08 Å². The van der Waals surface area contributed by atoms with Crippen molar-refractivity contribution in [2.45, 2.75) is 47.0 Å². The second kappa shape index (κ2) is 11.0. The smallest absolute Gasteiger partial charge is 0.341 e. The maximum absolute atomic E-state index is 12.9. The zero-order valence-corrected chi connectivity index (χ0v) is 22.8. The summed E-state index contributed by atoms with van der Waals surface area (Å²) < 4.78 is 7.03. The molecule has 1 aliphatic carbocycles. The van der Waals surface area contributed by atoms with Crippen LogP contribution in [0.1, 0.15) is 59.2 Å². The fourth-order valence-electron chi connectivity index (χ4n) is 4.27. The molecule has 0 saturated carbocycles. The van der Waals surface area contributed by atoms with E-state index in [1.54, 1.807) is 28.8 Å². The molecule has 0 aromatic carbocycles. The van der Waals surface area contributed by atoms with Gasteiger partial charge in [0.25, 0.3) is 5.91 Å². The van der Waals surface area contributed by atoms with E-state index in [1.807, 2.05) is 20.9 Å². The van der Waals surface area contributed by atoms with Crippen molar-refractivity contribution in [1.29, 1.82) is 0 Å². The Hall–Kier alpha value is -2.92. The van der Waals surface area contributed by atoms with Crippen molar-refractivity contribution in [3.63, 3.8) is 0 Å². The summed E-state index contributed by atoms with van der Waals surface area (Å²) in [6.45, 7) is 8.48. The van der Waals surface area contributed by atoms with E-state index in [4.69, 9.17) is 4.74 Å². The third-order valence-electron chi connectivity index (χ3n) is 6.37. The number of carbonyl (C=O) groups excluding carboxylic acids is 3. The number of aryl methyl sites for hydroxylation is 1. The summed E-state index contributed by atoms with van der Waals surface area (Å²) in [7, 11) is 1.84. The molecule has 0 fully saturated rings. The Labute approximate surface area is 219 Å². The number of thioether (sulfide) groups is 1. The summed E-state index contributed by atoms with van der Waals surface area (Å²) >= 11 is 2.66. The molecule has 2 aromatic rings. The van der Waals surface area contributed by atoms with Gasteiger partial charge in [-0.25, -0.2) is 9.79 Å². The first kappa shape index (κ1) is 26.2. The number of carbonyl (C=O) groups is 3. The van der Waals surface area contributed by atoms with E-state index in [9.17, 15) is 14.4 Å². The van der Waals surface area contributed by atoms with Gasteiger partial charge >= 0.3 is 5.97 Å². The molecule has 1 aliphatic heterocycles. The fourth-order valence-corrected chi connectivity index (χ4v) is 6.55. The molecule has 3 heterocycles. The van der Waals surface area contributed by atoms with E-state index in [0.29, 0.717) is 33.9 Å². The number of fused-ring (bicyclic) bond motifs is 1. The minimum Gasteiger partial charge on any atom is -0.462 e. The third kappa shape index (κ3) is 5.27. The summed E-state index contributed by atoms with van der Waals surface area (Å²) in [5.74, 6) is -0.252. The SMILES string of the molecule is CCOC(=O)c1c(NC(=O)CSC2=N/C(=C/c3cnn(C)c3C)C(=O)N2CC)sc2c1CC[C@@H](C)C2. The van der Waals surface area contributed by atoms with Crippen LogP contribution in [0.4, 0.5) is 5.00 Å². The molecule has 0 bridgehead atoms. The van der Waals surface area contributed by atoms with Crippen molar-refractivity contribution in [3.8, 4) is 0 Å². The molecule has 0 spiro atoms. The molecule has 36 heavy (non-hydrogen) atoms. The molecule has 1 atom stereocenters. The average molecular weight is 530 g/mol. The van der Waals surface area contributed by atoms with Crippen molar-refractivity contribution in [1.82, 2.24) is 14.7 Å². The van der Waals surface area contributed by atoms with Gasteiger partial charge in [0.2, 0.25) is 5.91 Å². The van der Waals surface area contributed by atoms with Crippen LogP contribution in [-0.4, -0.2) is 56.5 Å². The molecule has 11 heteroatoms. The van der Waals surface area contributed by atoms with Crippen LogP contribution >= 0.6 is 23.1 Å². The molecule has 0 unspecified atom stereocenters. The molecule has 0 saturated heterocycles. The van der Waals surface area contributed by atoms with Gasteiger partial charge in [0.1, 0.15) is 10.7 Å². The maximum atomic E-state index is 12.9. The number of amides is 2. The van der Waals surface area contributed by atoms with Crippen LogP contribution in [0.5, 0.6) is 0 Å². The van der Waals surface area contributed by atoms with E-state index in [0.717, 1.165) is 41.0 Å². The predicted molar refractivity (Wildman–Crippen MR) is 143 cm³/mol. The van der Waals surface area contributed by atoms with Gasteiger partial charge in [-0.2, -0.15) is 5.10 Å². The highest BCUT2D eigenvalue weighted by molar-refractivity contribution is 8.14. The number of nitrogens with one attached hydrogen (secondary N) is 1. The number of aromatic nitrogens is 2. The van der Waals surface area contributed by atoms with Crippen molar-refractivity contribution < 1.29 is 19.1 Å². The number of aliphatic imine (C=N–C) groups is 1. The summed E-state index contributed by atoms with van der Waals surface area (Å²) in [6, 6.07) is 0. The van der Waals surface area contributed by atoms with Crippen LogP contribution in [-0.2, 0) is 34.2 Å². The van der Waals surface area contributed by atoms with Crippen LogP contribution in [0.3, 0.4) is 0 Å². The normalized spacial score (nSPS) is 18.4. The quantitative estimate of drug-likeness (QED) is 0.429. The van der Waals surface area contributed by atoms with Crippen molar-refractivity contribution in [2.24, 2.45) is 18.0 Å². The third-order valence-corrected chi connectivity index (χ3v) is 8.52. The lowest BCUT2D eigenvalue weighted by Crippen LogP contribution is -2.31.